The van der Waals surface area contributed by atoms with Crippen LogP contribution >= 0.6 is 0 Å². The van der Waals surface area contributed by atoms with E-state index in [0.717, 1.165) is 30.0 Å². The van der Waals surface area contributed by atoms with Crippen molar-refractivity contribution in [2.75, 3.05) is 0 Å². The topological polar surface area (TPSA) is 59.4 Å². The molecule has 0 saturated heterocycles. The molecule has 0 aliphatic carbocycles. The number of aryl methyl sites for hydroxylation is 2. The number of hydrogen-bond donors (Lipinski definition) is 1. The fraction of sp³-hybridized carbons (Fsp3) is 0.500. The van der Waals surface area contributed by atoms with Crippen LogP contribution < -0.4 is 0 Å². The average molecular weight is 205 g/mol. The molecular weight excluding hydrogens is 190 g/mol. The van der Waals surface area contributed by atoms with E-state index in [1.165, 1.54) is 6.42 Å². The summed E-state index contributed by atoms with van der Waals surface area (Å²) in [6, 6.07) is 1.94. The Hall–Kier alpha value is -1.65. The van der Waals surface area contributed by atoms with E-state index in [9.17, 15) is 0 Å². The molecule has 5 heteroatoms. The molecule has 80 valence electrons. The number of nitrogens with zero attached hydrogens (tertiary/aromatic N) is 4. The van der Waals surface area contributed by atoms with Gasteiger partial charge >= 0.3 is 0 Å². The number of rotatable bonds is 4. The van der Waals surface area contributed by atoms with Crippen LogP contribution in [0.4, 0.5) is 0 Å². The lowest BCUT2D eigenvalue weighted by atomic mass is 10.2. The Kier molecular flexibility index (Phi) is 2.80. The largest absolute Gasteiger partial charge is 0.281 e. The maximum atomic E-state index is 4.12. The van der Waals surface area contributed by atoms with Gasteiger partial charge in [-0.2, -0.15) is 5.10 Å². The maximum absolute atomic E-state index is 4.12. The van der Waals surface area contributed by atoms with Crippen molar-refractivity contribution < 1.29 is 0 Å². The van der Waals surface area contributed by atoms with Gasteiger partial charge in [-0.3, -0.25) is 5.10 Å². The minimum Gasteiger partial charge on any atom is -0.281 e. The second-order valence-corrected chi connectivity index (χ2v) is 3.67. The summed E-state index contributed by atoms with van der Waals surface area (Å²) in [4.78, 5) is 0. The summed E-state index contributed by atoms with van der Waals surface area (Å²) < 4.78 is 1.70. The quantitative estimate of drug-likeness (QED) is 0.825. The molecule has 0 fully saturated rings. The third-order valence-corrected chi connectivity index (χ3v) is 2.25. The molecule has 2 heterocycles. The van der Waals surface area contributed by atoms with Gasteiger partial charge < -0.3 is 0 Å². The maximum Gasteiger partial charge on any atom is 0.176 e. The van der Waals surface area contributed by atoms with Crippen LogP contribution in [0.15, 0.2) is 12.3 Å². The highest BCUT2D eigenvalue weighted by Crippen LogP contribution is 2.06. The molecule has 0 bridgehead atoms. The van der Waals surface area contributed by atoms with E-state index in [0.29, 0.717) is 0 Å². The second kappa shape index (κ2) is 4.25. The Labute approximate surface area is 88.5 Å². The molecule has 1 N–H and O–H groups in total. The van der Waals surface area contributed by atoms with Gasteiger partial charge in [-0.15, -0.1) is 5.10 Å². The highest BCUT2D eigenvalue weighted by atomic mass is 15.5. The molecule has 0 aromatic carbocycles. The lowest BCUT2D eigenvalue weighted by Crippen LogP contribution is -1.94. The fourth-order valence-corrected chi connectivity index (χ4v) is 1.40. The summed E-state index contributed by atoms with van der Waals surface area (Å²) in [6.07, 6.45) is 5.25. The zero-order chi connectivity index (χ0) is 10.7. The first-order valence-corrected chi connectivity index (χ1v) is 5.23. The monoisotopic (exact) mass is 205 g/mol. The third-order valence-electron chi connectivity index (χ3n) is 2.25. The second-order valence-electron chi connectivity index (χ2n) is 3.67. The number of aromatic amines is 1. The van der Waals surface area contributed by atoms with Crippen LogP contribution in [0.1, 0.15) is 31.2 Å². The van der Waals surface area contributed by atoms with Crippen molar-refractivity contribution in [3.05, 3.63) is 23.7 Å². The zero-order valence-electron chi connectivity index (χ0n) is 9.06. The highest BCUT2D eigenvalue weighted by molar-refractivity contribution is 5.22. The van der Waals surface area contributed by atoms with E-state index in [-0.39, 0.29) is 0 Å². The van der Waals surface area contributed by atoms with Crippen molar-refractivity contribution in [2.24, 2.45) is 0 Å². The lowest BCUT2D eigenvalue weighted by Gasteiger charge is -1.91. The molecule has 0 spiro atoms. The summed E-state index contributed by atoms with van der Waals surface area (Å²) >= 11 is 0. The molecule has 0 aliphatic rings. The van der Waals surface area contributed by atoms with E-state index in [1.807, 2.05) is 19.2 Å². The van der Waals surface area contributed by atoms with E-state index >= 15 is 0 Å². The van der Waals surface area contributed by atoms with Gasteiger partial charge in [-0.1, -0.05) is 18.6 Å². The van der Waals surface area contributed by atoms with Gasteiger partial charge in [-0.25, -0.2) is 4.68 Å². The fourth-order valence-electron chi connectivity index (χ4n) is 1.40. The molecule has 0 atom stereocenters. The summed E-state index contributed by atoms with van der Waals surface area (Å²) in [7, 11) is 0. The smallest absolute Gasteiger partial charge is 0.176 e. The number of nitrogens with one attached hydrogen (secondary N) is 1. The molecule has 0 aliphatic heterocycles. The van der Waals surface area contributed by atoms with Crippen LogP contribution in [-0.2, 0) is 6.42 Å². The molecule has 15 heavy (non-hydrogen) atoms. The van der Waals surface area contributed by atoms with Crippen molar-refractivity contribution in [2.45, 2.75) is 33.1 Å². The van der Waals surface area contributed by atoms with Crippen molar-refractivity contribution in [1.82, 2.24) is 25.2 Å². The van der Waals surface area contributed by atoms with E-state index in [2.05, 4.69) is 27.4 Å². The number of unbranched alkanes of at least 4 members (excludes halogenated alkanes) is 1. The van der Waals surface area contributed by atoms with E-state index < -0.39 is 0 Å². The van der Waals surface area contributed by atoms with Gasteiger partial charge in [0.05, 0.1) is 11.9 Å². The van der Waals surface area contributed by atoms with Crippen LogP contribution in [0.3, 0.4) is 0 Å². The molecule has 0 saturated carbocycles. The lowest BCUT2D eigenvalue weighted by molar-refractivity contribution is 0.754. The Bertz CT molecular complexity index is 428. The standard InChI is InChI=1S/C10H15N5/c1-3-4-5-9-7-15(14-12-9)10-6-8(2)11-13-10/h6-7H,3-5H2,1-2H3,(H,11,13). The molecular formula is C10H15N5. The first-order valence-electron chi connectivity index (χ1n) is 5.23. The van der Waals surface area contributed by atoms with Crippen molar-refractivity contribution in [3.8, 4) is 5.82 Å². The summed E-state index contributed by atoms with van der Waals surface area (Å²) in [5.74, 6) is 0.794. The number of hydrogen-bond acceptors (Lipinski definition) is 3. The normalized spacial score (nSPS) is 10.8. The minimum atomic E-state index is 0.794. The van der Waals surface area contributed by atoms with Crippen LogP contribution in [0.5, 0.6) is 0 Å². The zero-order valence-corrected chi connectivity index (χ0v) is 9.06. The van der Waals surface area contributed by atoms with Gasteiger partial charge in [0.1, 0.15) is 0 Å². The Balaban J connectivity index is 2.13. The molecule has 0 amide bonds. The molecule has 0 radical (unpaired) electrons. The number of H-pyrrole nitrogens is 1. The first kappa shape index (κ1) is 9.89. The summed E-state index contributed by atoms with van der Waals surface area (Å²) in [6.45, 7) is 4.13. The predicted molar refractivity (Wildman–Crippen MR) is 56.9 cm³/mol. The molecule has 2 rings (SSSR count). The Morgan fingerprint density at radius 3 is 3.00 bits per heavy atom. The first-order chi connectivity index (χ1) is 7.29. The molecule has 2 aromatic heterocycles. The van der Waals surface area contributed by atoms with Gasteiger partial charge in [0.15, 0.2) is 5.82 Å². The van der Waals surface area contributed by atoms with Crippen molar-refractivity contribution in [1.29, 1.82) is 0 Å². The number of aromatic nitrogens is 5. The highest BCUT2D eigenvalue weighted by Gasteiger charge is 2.04. The summed E-state index contributed by atoms with van der Waals surface area (Å²) in [5.41, 5.74) is 2.05. The molecule has 5 nitrogen and oxygen atoms in total. The minimum absolute atomic E-state index is 0.794. The SMILES string of the molecule is CCCCc1cn(-c2cc(C)[nH]n2)nn1. The van der Waals surface area contributed by atoms with E-state index in [4.69, 9.17) is 0 Å². The molecule has 2 aromatic rings. The summed E-state index contributed by atoms with van der Waals surface area (Å²) in [5, 5.41) is 15.1. The van der Waals surface area contributed by atoms with Gasteiger partial charge in [-0.05, 0) is 19.8 Å². The van der Waals surface area contributed by atoms with Crippen LogP contribution in [-0.4, -0.2) is 25.2 Å². The predicted octanol–water partition coefficient (Wildman–Crippen LogP) is 1.64. The third kappa shape index (κ3) is 2.23. The average Bonchev–Trinajstić information content (AvgIpc) is 2.83. The Morgan fingerprint density at radius 2 is 2.33 bits per heavy atom. The van der Waals surface area contributed by atoms with Crippen molar-refractivity contribution >= 4 is 0 Å². The van der Waals surface area contributed by atoms with Crippen LogP contribution in [0.25, 0.3) is 5.82 Å². The van der Waals surface area contributed by atoms with Crippen LogP contribution in [0, 0.1) is 6.92 Å². The van der Waals surface area contributed by atoms with Crippen LogP contribution in [0.2, 0.25) is 0 Å². The van der Waals surface area contributed by atoms with Gasteiger partial charge in [0, 0.05) is 11.8 Å². The van der Waals surface area contributed by atoms with Crippen molar-refractivity contribution in [3.63, 3.8) is 0 Å². The van der Waals surface area contributed by atoms with Gasteiger partial charge in [0.2, 0.25) is 0 Å². The molecule has 0 unspecified atom stereocenters. The Morgan fingerprint density at radius 1 is 1.47 bits per heavy atom. The van der Waals surface area contributed by atoms with Gasteiger partial charge in [0.25, 0.3) is 0 Å². The van der Waals surface area contributed by atoms with E-state index in [1.54, 1.807) is 4.68 Å².